The molecule has 0 aliphatic heterocycles. The van der Waals surface area contributed by atoms with Gasteiger partial charge in [-0.15, -0.1) is 0 Å². The van der Waals surface area contributed by atoms with Gasteiger partial charge in [-0.05, 0) is 19.1 Å². The Morgan fingerprint density at radius 3 is 2.59 bits per heavy atom. The first-order valence-corrected chi connectivity index (χ1v) is 5.10. The zero-order valence-electron chi connectivity index (χ0n) is 9.71. The molecule has 0 aliphatic carbocycles. The first-order chi connectivity index (χ1) is 8.12. The Bertz CT molecular complexity index is 447. The summed E-state index contributed by atoms with van der Waals surface area (Å²) in [6.45, 7) is 3.07. The van der Waals surface area contributed by atoms with Gasteiger partial charge in [-0.2, -0.15) is 5.26 Å². The number of carbonyl (C=O) groups excluding carboxylic acids is 1. The molecule has 88 valence electrons. The van der Waals surface area contributed by atoms with Gasteiger partial charge in [-0.3, -0.25) is 0 Å². The van der Waals surface area contributed by atoms with Gasteiger partial charge in [0.05, 0.1) is 6.26 Å². The Labute approximate surface area is 100 Å². The first kappa shape index (κ1) is 12.8. The van der Waals surface area contributed by atoms with Crippen LogP contribution in [0.4, 0.5) is 0 Å². The van der Waals surface area contributed by atoms with E-state index in [0.717, 1.165) is 0 Å². The minimum atomic E-state index is -1.65. The van der Waals surface area contributed by atoms with Crippen molar-refractivity contribution in [1.29, 1.82) is 5.26 Å². The van der Waals surface area contributed by atoms with Gasteiger partial charge < -0.3 is 9.47 Å². The molecule has 0 aliphatic rings. The standard InChI is InChI=1S/C13H13NO3/c1-3-9-16-12(15)13(2,10-14)17-11-7-5-4-6-8-11/h3-9H,1-2H3. The van der Waals surface area contributed by atoms with Crippen molar-refractivity contribution in [3.8, 4) is 11.8 Å². The quantitative estimate of drug-likeness (QED) is 0.589. The summed E-state index contributed by atoms with van der Waals surface area (Å²) >= 11 is 0. The van der Waals surface area contributed by atoms with Crippen LogP contribution < -0.4 is 4.74 Å². The van der Waals surface area contributed by atoms with Crippen LogP contribution in [0.3, 0.4) is 0 Å². The summed E-state index contributed by atoms with van der Waals surface area (Å²) in [6, 6.07) is 10.5. The van der Waals surface area contributed by atoms with E-state index in [1.54, 1.807) is 43.3 Å². The largest absolute Gasteiger partial charge is 0.461 e. The van der Waals surface area contributed by atoms with Crippen molar-refractivity contribution in [3.63, 3.8) is 0 Å². The number of hydrogen-bond donors (Lipinski definition) is 0. The minimum absolute atomic E-state index is 0.439. The van der Waals surface area contributed by atoms with E-state index in [1.165, 1.54) is 13.2 Å². The number of nitrogens with zero attached hydrogens (tertiary/aromatic N) is 1. The van der Waals surface area contributed by atoms with E-state index < -0.39 is 11.6 Å². The van der Waals surface area contributed by atoms with Crippen LogP contribution in [0.25, 0.3) is 0 Å². The van der Waals surface area contributed by atoms with Crippen molar-refractivity contribution in [2.45, 2.75) is 19.4 Å². The molecular weight excluding hydrogens is 218 g/mol. The van der Waals surface area contributed by atoms with Gasteiger partial charge >= 0.3 is 5.97 Å². The zero-order valence-corrected chi connectivity index (χ0v) is 9.71. The number of nitriles is 1. The molecule has 0 amide bonds. The third kappa shape index (κ3) is 3.35. The van der Waals surface area contributed by atoms with Crippen LogP contribution >= 0.6 is 0 Å². The molecule has 1 atom stereocenters. The molecule has 0 N–H and O–H groups in total. The maximum atomic E-state index is 11.6. The Hall–Kier alpha value is -2.28. The molecule has 0 heterocycles. The van der Waals surface area contributed by atoms with E-state index in [4.69, 9.17) is 14.7 Å². The van der Waals surface area contributed by atoms with Gasteiger partial charge in [0.25, 0.3) is 5.60 Å². The van der Waals surface area contributed by atoms with E-state index in [2.05, 4.69) is 0 Å². The summed E-state index contributed by atoms with van der Waals surface area (Å²) in [6.07, 6.45) is 2.77. The van der Waals surface area contributed by atoms with E-state index in [0.29, 0.717) is 5.75 Å². The second-order valence-electron chi connectivity index (χ2n) is 3.43. The van der Waals surface area contributed by atoms with E-state index in [-0.39, 0.29) is 0 Å². The summed E-state index contributed by atoms with van der Waals surface area (Å²) in [5, 5.41) is 9.02. The third-order valence-electron chi connectivity index (χ3n) is 1.98. The summed E-state index contributed by atoms with van der Waals surface area (Å²) in [5.74, 6) is -0.309. The molecule has 0 aromatic heterocycles. The topological polar surface area (TPSA) is 59.3 Å². The molecule has 1 unspecified atom stereocenters. The van der Waals surface area contributed by atoms with E-state index in [1.807, 2.05) is 6.07 Å². The number of allylic oxidation sites excluding steroid dienone is 1. The molecule has 0 spiro atoms. The summed E-state index contributed by atoms with van der Waals surface area (Å²) in [7, 11) is 0. The van der Waals surface area contributed by atoms with Gasteiger partial charge in [0, 0.05) is 6.92 Å². The van der Waals surface area contributed by atoms with Crippen LogP contribution in [-0.2, 0) is 9.53 Å². The number of carbonyl (C=O) groups is 1. The lowest BCUT2D eigenvalue weighted by Gasteiger charge is -2.20. The lowest BCUT2D eigenvalue weighted by Crippen LogP contribution is -2.40. The van der Waals surface area contributed by atoms with Crippen molar-refractivity contribution >= 4 is 5.97 Å². The Balaban J connectivity index is 2.83. The van der Waals surface area contributed by atoms with Gasteiger partial charge in [-0.1, -0.05) is 24.3 Å². The fourth-order valence-electron chi connectivity index (χ4n) is 1.08. The highest BCUT2D eigenvalue weighted by Gasteiger charge is 2.37. The summed E-state index contributed by atoms with van der Waals surface area (Å²) < 4.78 is 10.1. The maximum absolute atomic E-state index is 11.6. The minimum Gasteiger partial charge on any atom is -0.461 e. The fourth-order valence-corrected chi connectivity index (χ4v) is 1.08. The Morgan fingerprint density at radius 1 is 1.41 bits per heavy atom. The number of ether oxygens (including phenoxy) is 2. The fraction of sp³-hybridized carbons (Fsp3) is 0.231. The summed E-state index contributed by atoms with van der Waals surface area (Å²) in [5.41, 5.74) is -1.65. The van der Waals surface area contributed by atoms with Crippen LogP contribution in [0.2, 0.25) is 0 Å². The number of benzene rings is 1. The molecule has 1 aromatic carbocycles. The highest BCUT2D eigenvalue weighted by atomic mass is 16.6. The van der Waals surface area contributed by atoms with Crippen molar-refractivity contribution in [2.24, 2.45) is 0 Å². The molecule has 17 heavy (non-hydrogen) atoms. The van der Waals surface area contributed by atoms with Crippen molar-refractivity contribution in [3.05, 3.63) is 42.7 Å². The predicted octanol–water partition coefficient (Wildman–Crippen LogP) is 2.42. The molecule has 1 aromatic rings. The lowest BCUT2D eigenvalue weighted by atomic mass is 10.1. The molecule has 0 saturated heterocycles. The van der Waals surface area contributed by atoms with Gasteiger partial charge in [-0.25, -0.2) is 4.79 Å². The molecule has 0 saturated carbocycles. The number of para-hydroxylation sites is 1. The van der Waals surface area contributed by atoms with Crippen LogP contribution in [0, 0.1) is 11.3 Å². The van der Waals surface area contributed by atoms with E-state index >= 15 is 0 Å². The summed E-state index contributed by atoms with van der Waals surface area (Å²) in [4.78, 5) is 11.6. The Kier molecular flexibility index (Phi) is 4.29. The third-order valence-corrected chi connectivity index (χ3v) is 1.98. The SMILES string of the molecule is CC=COC(=O)C(C)(C#N)Oc1ccccc1. The van der Waals surface area contributed by atoms with Crippen LogP contribution in [0.1, 0.15) is 13.8 Å². The van der Waals surface area contributed by atoms with E-state index in [9.17, 15) is 4.79 Å². The highest BCUT2D eigenvalue weighted by molar-refractivity contribution is 5.83. The second-order valence-corrected chi connectivity index (χ2v) is 3.43. The first-order valence-electron chi connectivity index (χ1n) is 5.10. The van der Waals surface area contributed by atoms with Crippen molar-refractivity contribution < 1.29 is 14.3 Å². The number of rotatable bonds is 4. The monoisotopic (exact) mass is 231 g/mol. The van der Waals surface area contributed by atoms with Crippen LogP contribution in [0.15, 0.2) is 42.7 Å². The molecule has 1 rings (SSSR count). The van der Waals surface area contributed by atoms with Crippen molar-refractivity contribution in [1.82, 2.24) is 0 Å². The van der Waals surface area contributed by atoms with Gasteiger partial charge in [0.15, 0.2) is 0 Å². The Morgan fingerprint density at radius 2 is 2.06 bits per heavy atom. The maximum Gasteiger partial charge on any atom is 0.370 e. The molecule has 0 fully saturated rings. The number of esters is 1. The highest BCUT2D eigenvalue weighted by Crippen LogP contribution is 2.18. The van der Waals surface area contributed by atoms with Gasteiger partial charge in [0.2, 0.25) is 0 Å². The average molecular weight is 231 g/mol. The van der Waals surface area contributed by atoms with Crippen molar-refractivity contribution in [2.75, 3.05) is 0 Å². The number of hydrogen-bond acceptors (Lipinski definition) is 4. The molecule has 0 radical (unpaired) electrons. The predicted molar refractivity (Wildman–Crippen MR) is 62.0 cm³/mol. The molecule has 4 heteroatoms. The second kappa shape index (κ2) is 5.71. The van der Waals surface area contributed by atoms with Crippen LogP contribution in [-0.4, -0.2) is 11.6 Å². The normalized spacial score (nSPS) is 13.7. The smallest absolute Gasteiger partial charge is 0.370 e. The molecule has 0 bridgehead atoms. The lowest BCUT2D eigenvalue weighted by molar-refractivity contribution is -0.150. The molecular formula is C13H13NO3. The van der Waals surface area contributed by atoms with Gasteiger partial charge in [0.1, 0.15) is 11.8 Å². The zero-order chi connectivity index (χ0) is 12.7. The average Bonchev–Trinajstić information content (AvgIpc) is 2.36. The molecule has 4 nitrogen and oxygen atoms in total. The van der Waals surface area contributed by atoms with Crippen LogP contribution in [0.5, 0.6) is 5.75 Å².